The number of rotatable bonds is 10. The van der Waals surface area contributed by atoms with E-state index >= 15 is 0 Å². The number of aromatic nitrogens is 10. The zero-order chi connectivity index (χ0) is 35.3. The monoisotopic (exact) mass is 684 g/mol. The second-order valence-corrected chi connectivity index (χ2v) is 12.3. The van der Waals surface area contributed by atoms with Gasteiger partial charge in [-0.3, -0.25) is 0 Å². The largest absolute Gasteiger partial charge is 0.312 e. The smallest absolute Gasteiger partial charge is 0.160 e. The molecule has 0 N–H and O–H groups in total. The molecule has 0 saturated heterocycles. The quantitative estimate of drug-likeness (QED) is 0.146. The summed E-state index contributed by atoms with van der Waals surface area (Å²) in [6, 6.07) is 24.6. The van der Waals surface area contributed by atoms with Crippen LogP contribution < -0.4 is 0 Å². The highest BCUT2D eigenvalue weighted by Crippen LogP contribution is 2.22. The third kappa shape index (κ3) is 7.16. The number of benzene rings is 2. The maximum Gasteiger partial charge on any atom is 0.160 e. The van der Waals surface area contributed by atoms with Crippen molar-refractivity contribution in [3.8, 4) is 11.4 Å². The Labute approximate surface area is 294 Å². The van der Waals surface area contributed by atoms with E-state index in [1.807, 2.05) is 55.5 Å². The van der Waals surface area contributed by atoms with Gasteiger partial charge in [0.1, 0.15) is 34.3 Å². The van der Waals surface area contributed by atoms with Crippen LogP contribution in [0.5, 0.6) is 0 Å². The van der Waals surface area contributed by atoms with Crippen molar-refractivity contribution >= 4 is 22.3 Å². The Morgan fingerprint density at radius 3 is 1.67 bits per heavy atom. The molecule has 0 unspecified atom stereocenters. The zero-order valence-corrected chi connectivity index (χ0v) is 28.8. The first-order chi connectivity index (χ1) is 24.9. The van der Waals surface area contributed by atoms with E-state index in [1.54, 1.807) is 40.1 Å². The van der Waals surface area contributed by atoms with Crippen molar-refractivity contribution in [2.24, 2.45) is 0 Å². The summed E-state index contributed by atoms with van der Waals surface area (Å²) in [5, 5.41) is 8.72. The van der Waals surface area contributed by atoms with Crippen LogP contribution in [0, 0.1) is 18.6 Å². The van der Waals surface area contributed by atoms with Gasteiger partial charge in [-0.05, 0) is 92.6 Å². The Morgan fingerprint density at radius 1 is 0.569 bits per heavy atom. The van der Waals surface area contributed by atoms with Gasteiger partial charge in [-0.15, -0.1) is 0 Å². The highest BCUT2D eigenvalue weighted by molar-refractivity contribution is 5.72. The summed E-state index contributed by atoms with van der Waals surface area (Å²) in [6.45, 7) is 7.98. The van der Waals surface area contributed by atoms with Crippen molar-refractivity contribution in [1.29, 1.82) is 0 Å². The number of aryl methyl sites for hydroxylation is 3. The summed E-state index contributed by atoms with van der Waals surface area (Å²) in [4.78, 5) is 18.7. The van der Waals surface area contributed by atoms with Crippen LogP contribution in [0.3, 0.4) is 0 Å². The Morgan fingerprint density at radius 2 is 1.12 bits per heavy atom. The minimum atomic E-state index is -0.277. The summed E-state index contributed by atoms with van der Waals surface area (Å²) in [7, 11) is 0. The number of pyridine rings is 2. The summed E-state index contributed by atoms with van der Waals surface area (Å²) in [5.41, 5.74) is 7.91. The van der Waals surface area contributed by atoms with Crippen molar-refractivity contribution in [3.63, 3.8) is 0 Å². The number of hydrogen-bond donors (Lipinski definition) is 0. The summed E-state index contributed by atoms with van der Waals surface area (Å²) < 4.78 is 35.0. The summed E-state index contributed by atoms with van der Waals surface area (Å²) >= 11 is 0. The molecule has 0 atom stereocenters. The molecule has 12 heteroatoms. The van der Waals surface area contributed by atoms with Crippen LogP contribution in [0.15, 0.2) is 104 Å². The molecule has 0 fully saturated rings. The van der Waals surface area contributed by atoms with E-state index in [-0.39, 0.29) is 11.6 Å². The molecule has 0 radical (unpaired) electrons. The predicted molar refractivity (Wildman–Crippen MR) is 193 cm³/mol. The fourth-order valence-corrected chi connectivity index (χ4v) is 6.27. The third-order valence-electron chi connectivity index (χ3n) is 8.51. The van der Waals surface area contributed by atoms with Crippen LogP contribution in [-0.4, -0.2) is 48.6 Å². The van der Waals surface area contributed by atoms with E-state index in [0.717, 1.165) is 77.0 Å². The lowest BCUT2D eigenvalue weighted by Crippen LogP contribution is -2.09. The zero-order valence-electron chi connectivity index (χ0n) is 28.8. The minimum Gasteiger partial charge on any atom is -0.312 e. The minimum absolute atomic E-state index is 0.276. The van der Waals surface area contributed by atoms with Gasteiger partial charge in [-0.2, -0.15) is 10.2 Å². The molecule has 8 rings (SSSR count). The number of imidazole rings is 2. The van der Waals surface area contributed by atoms with Crippen LogP contribution in [0.2, 0.25) is 0 Å². The first kappa shape index (κ1) is 33.5. The van der Waals surface area contributed by atoms with Gasteiger partial charge in [0.2, 0.25) is 0 Å². The van der Waals surface area contributed by atoms with E-state index in [4.69, 9.17) is 9.97 Å². The fourth-order valence-electron chi connectivity index (χ4n) is 6.27. The van der Waals surface area contributed by atoms with E-state index in [9.17, 15) is 8.78 Å². The topological polar surface area (TPSA) is 97.1 Å². The van der Waals surface area contributed by atoms with Gasteiger partial charge in [-0.1, -0.05) is 26.0 Å². The molecule has 6 heterocycles. The van der Waals surface area contributed by atoms with Crippen molar-refractivity contribution in [3.05, 3.63) is 144 Å². The molecule has 8 aromatic rings. The molecule has 258 valence electrons. The Bertz CT molecular complexity index is 2420. The van der Waals surface area contributed by atoms with E-state index in [1.165, 1.54) is 24.3 Å². The molecule has 51 heavy (non-hydrogen) atoms. The van der Waals surface area contributed by atoms with Crippen LogP contribution in [0.25, 0.3) is 33.7 Å². The Hall–Kier alpha value is -6.04. The second-order valence-electron chi connectivity index (χ2n) is 12.3. The molecular weight excluding hydrogens is 646 g/mol. The van der Waals surface area contributed by atoms with Crippen molar-refractivity contribution in [2.75, 3.05) is 0 Å². The van der Waals surface area contributed by atoms with E-state index in [2.05, 4.69) is 43.1 Å². The van der Waals surface area contributed by atoms with E-state index < -0.39 is 0 Å². The molecule has 10 nitrogen and oxygen atoms in total. The Kier molecular flexibility index (Phi) is 9.73. The lowest BCUT2D eigenvalue weighted by Gasteiger charge is -2.10. The molecule has 6 aromatic heterocycles. The van der Waals surface area contributed by atoms with Crippen LogP contribution in [0.4, 0.5) is 8.78 Å². The number of nitrogens with zero attached hydrogens (tertiary/aromatic N) is 10. The highest BCUT2D eigenvalue weighted by atomic mass is 19.1. The molecule has 0 aliphatic heterocycles. The van der Waals surface area contributed by atoms with Crippen molar-refractivity contribution < 1.29 is 8.78 Å². The third-order valence-corrected chi connectivity index (χ3v) is 8.51. The van der Waals surface area contributed by atoms with Gasteiger partial charge < -0.3 is 9.13 Å². The van der Waals surface area contributed by atoms with Gasteiger partial charge >= 0.3 is 0 Å². The van der Waals surface area contributed by atoms with Crippen LogP contribution in [0.1, 0.15) is 55.4 Å². The SMILES string of the molecule is CCCn1c(Cc2ccnn2-c2cccc(F)c2)nc2ccc(C)nc21.CCCn1c(Cc2ccnn2-c2cccc(F)c2)nc2cccnc21. The Balaban J connectivity index is 0.000000159. The first-order valence-corrected chi connectivity index (χ1v) is 17.1. The normalized spacial score (nSPS) is 11.3. The van der Waals surface area contributed by atoms with Gasteiger partial charge in [-0.25, -0.2) is 38.1 Å². The van der Waals surface area contributed by atoms with Crippen molar-refractivity contribution in [2.45, 2.75) is 59.5 Å². The number of hydrogen-bond acceptors (Lipinski definition) is 6. The number of fused-ring (bicyclic) bond motifs is 2. The van der Waals surface area contributed by atoms with E-state index in [0.29, 0.717) is 24.2 Å². The maximum absolute atomic E-state index is 13.6. The van der Waals surface area contributed by atoms with Crippen LogP contribution >= 0.6 is 0 Å². The molecule has 0 saturated carbocycles. The summed E-state index contributed by atoms with van der Waals surface area (Å²) in [6.07, 6.45) is 8.45. The molecule has 0 bridgehead atoms. The van der Waals surface area contributed by atoms with Gasteiger partial charge in [0.15, 0.2) is 11.3 Å². The number of halogens is 2. The molecule has 0 aliphatic carbocycles. The maximum atomic E-state index is 13.6. The van der Waals surface area contributed by atoms with Crippen LogP contribution in [-0.2, 0) is 25.9 Å². The van der Waals surface area contributed by atoms with Gasteiger partial charge in [0.05, 0.1) is 22.8 Å². The highest BCUT2D eigenvalue weighted by Gasteiger charge is 2.16. The standard InChI is InChI=1S/C20H20FN5.C19H18FN5/c1-3-11-25-19(24-18-8-7-14(2)23-20(18)25)13-17-9-10-22-26(17)16-6-4-5-15(21)12-16;1-2-11-24-18(23-17-7-4-9-21-19(17)24)13-16-8-10-22-25(16)15-6-3-5-14(20)12-15/h4-10,12H,3,11,13H2,1-2H3;3-10,12H,2,11,13H2,1H3. The van der Waals surface area contributed by atoms with Gasteiger partial charge in [0, 0.05) is 50.2 Å². The second kappa shape index (κ2) is 14.8. The molecule has 0 amide bonds. The van der Waals surface area contributed by atoms with Gasteiger partial charge in [0.25, 0.3) is 0 Å². The molecule has 0 spiro atoms. The molecule has 0 aliphatic rings. The molecular formula is C39H38F2N10. The lowest BCUT2D eigenvalue weighted by molar-refractivity contribution is 0.623. The fraction of sp³-hybridized carbons (Fsp3) is 0.231. The van der Waals surface area contributed by atoms with Crippen molar-refractivity contribution in [1.82, 2.24) is 48.6 Å². The average Bonchev–Trinajstić information content (AvgIpc) is 3.93. The lowest BCUT2D eigenvalue weighted by atomic mass is 10.2. The predicted octanol–water partition coefficient (Wildman–Crippen LogP) is 7.82. The average molecular weight is 685 g/mol. The summed E-state index contributed by atoms with van der Waals surface area (Å²) in [5.74, 6) is 1.33. The molecule has 2 aromatic carbocycles. The first-order valence-electron chi connectivity index (χ1n) is 17.1.